The van der Waals surface area contributed by atoms with Crippen LogP contribution in [0.15, 0.2) is 35.0 Å². The van der Waals surface area contributed by atoms with Gasteiger partial charge in [0.15, 0.2) is 5.76 Å². The van der Waals surface area contributed by atoms with E-state index in [1.165, 1.54) is 0 Å². The van der Waals surface area contributed by atoms with Gasteiger partial charge in [-0.2, -0.15) is 5.10 Å². The van der Waals surface area contributed by atoms with Crippen LogP contribution < -0.4 is 0 Å². The summed E-state index contributed by atoms with van der Waals surface area (Å²) in [5, 5.41) is 14.2. The van der Waals surface area contributed by atoms with Crippen LogP contribution in [0.4, 0.5) is 0 Å². The number of hydrogen-bond acceptors (Lipinski definition) is 5. The highest BCUT2D eigenvalue weighted by Gasteiger charge is 2.52. The number of rotatable bonds is 4. The molecule has 1 N–H and O–H groups in total. The molecule has 2 fully saturated rings. The number of likely N-dealkylation sites (tertiary alicyclic amines) is 1. The van der Waals surface area contributed by atoms with E-state index in [4.69, 9.17) is 9.15 Å². The molecule has 2 aliphatic rings. The molecule has 2 aromatic rings. The molecule has 0 unspecified atom stereocenters. The minimum absolute atomic E-state index is 0.103. The molecule has 1 saturated carbocycles. The first kappa shape index (κ1) is 16.4. The van der Waals surface area contributed by atoms with Crippen molar-refractivity contribution in [3.63, 3.8) is 0 Å². The second kappa shape index (κ2) is 6.31. The normalized spacial score (nSPS) is 29.0. The number of carbonyl (C=O) groups excluding carboxylic acids is 1. The number of aromatic nitrogens is 2. The fourth-order valence-electron chi connectivity index (χ4n) is 4.19. The Labute approximate surface area is 146 Å². The van der Waals surface area contributed by atoms with Gasteiger partial charge in [0.1, 0.15) is 5.76 Å². The van der Waals surface area contributed by atoms with Crippen molar-refractivity contribution in [3.8, 4) is 0 Å². The number of carbonyl (C=O) groups is 1. The predicted molar refractivity (Wildman–Crippen MR) is 89.1 cm³/mol. The van der Waals surface area contributed by atoms with Crippen LogP contribution in [0.3, 0.4) is 0 Å². The van der Waals surface area contributed by atoms with Crippen molar-refractivity contribution in [2.24, 2.45) is 0 Å². The van der Waals surface area contributed by atoms with Crippen molar-refractivity contribution in [1.82, 2.24) is 14.7 Å². The van der Waals surface area contributed by atoms with E-state index in [-0.39, 0.29) is 23.7 Å². The first-order valence-electron chi connectivity index (χ1n) is 8.72. The van der Waals surface area contributed by atoms with Gasteiger partial charge in [0.25, 0.3) is 5.91 Å². The van der Waals surface area contributed by atoms with Crippen molar-refractivity contribution >= 4 is 5.91 Å². The molecular weight excluding hydrogens is 322 g/mol. The Kier molecular flexibility index (Phi) is 4.13. The van der Waals surface area contributed by atoms with Crippen LogP contribution in [0, 0.1) is 0 Å². The number of nitrogens with zero attached hydrogens (tertiary/aromatic N) is 3. The molecule has 4 rings (SSSR count). The van der Waals surface area contributed by atoms with Gasteiger partial charge in [-0.05, 0) is 43.9 Å². The third-order valence-corrected chi connectivity index (χ3v) is 5.57. The zero-order valence-corrected chi connectivity index (χ0v) is 14.3. The van der Waals surface area contributed by atoms with Gasteiger partial charge in [-0.15, -0.1) is 0 Å². The maximum absolute atomic E-state index is 13.0. The number of aliphatic hydroxyl groups is 1. The highest BCUT2D eigenvalue weighted by atomic mass is 16.5. The summed E-state index contributed by atoms with van der Waals surface area (Å²) in [6, 6.07) is 5.27. The van der Waals surface area contributed by atoms with E-state index in [0.717, 1.165) is 19.3 Å². The maximum atomic E-state index is 13.0. The zero-order valence-electron chi connectivity index (χ0n) is 14.3. The monoisotopic (exact) mass is 345 g/mol. The van der Waals surface area contributed by atoms with Gasteiger partial charge in [0.05, 0.1) is 24.3 Å². The summed E-state index contributed by atoms with van der Waals surface area (Å²) in [5.41, 5.74) is -0.334. The number of methoxy groups -OCH3 is 1. The predicted octanol–water partition coefficient (Wildman–Crippen LogP) is 1.67. The van der Waals surface area contributed by atoms with Crippen molar-refractivity contribution < 1.29 is 19.1 Å². The number of ether oxygens (including phenoxy) is 1. The Hall–Kier alpha value is -2.12. The standard InChI is InChI=1S/C18H23N3O4/c1-24-18-6-5-13(22)11-16(18)21(10-7-18)17(23)15-4-3-14(25-15)12-20-9-2-8-19-20/h2-4,8-9,13,16,22H,5-7,10-12H2,1H3/t13-,16+,18-/m0/s1. The number of hydrogen-bond donors (Lipinski definition) is 1. The average Bonchev–Trinajstić information content (AvgIpc) is 3.34. The van der Waals surface area contributed by atoms with Gasteiger partial charge in [0.2, 0.25) is 0 Å². The quantitative estimate of drug-likeness (QED) is 0.912. The molecule has 1 aliphatic heterocycles. The van der Waals surface area contributed by atoms with E-state index < -0.39 is 0 Å². The van der Waals surface area contributed by atoms with E-state index in [0.29, 0.717) is 31.0 Å². The lowest BCUT2D eigenvalue weighted by Crippen LogP contribution is -2.52. The topological polar surface area (TPSA) is 80.7 Å². The molecule has 3 atom stereocenters. The molecule has 2 aromatic heterocycles. The summed E-state index contributed by atoms with van der Waals surface area (Å²) in [7, 11) is 1.70. The number of amides is 1. The fourth-order valence-corrected chi connectivity index (χ4v) is 4.19. The van der Waals surface area contributed by atoms with Gasteiger partial charge < -0.3 is 19.2 Å². The average molecular weight is 345 g/mol. The van der Waals surface area contributed by atoms with E-state index in [2.05, 4.69) is 5.10 Å². The summed E-state index contributed by atoms with van der Waals surface area (Å²) in [6.07, 6.45) is 6.03. The first-order valence-corrected chi connectivity index (χ1v) is 8.72. The Morgan fingerprint density at radius 3 is 3.12 bits per heavy atom. The van der Waals surface area contributed by atoms with Crippen LogP contribution in [0.2, 0.25) is 0 Å². The van der Waals surface area contributed by atoms with Crippen LogP contribution in [-0.4, -0.2) is 57.1 Å². The van der Waals surface area contributed by atoms with Crippen LogP contribution >= 0.6 is 0 Å². The molecule has 7 heteroatoms. The molecule has 1 aliphatic carbocycles. The van der Waals surface area contributed by atoms with Gasteiger partial charge in [-0.25, -0.2) is 0 Å². The molecular formula is C18H23N3O4. The van der Waals surface area contributed by atoms with Crippen molar-refractivity contribution in [1.29, 1.82) is 0 Å². The minimum Gasteiger partial charge on any atom is -0.454 e. The highest BCUT2D eigenvalue weighted by Crippen LogP contribution is 2.43. The third kappa shape index (κ3) is 2.87. The van der Waals surface area contributed by atoms with E-state index >= 15 is 0 Å². The van der Waals surface area contributed by atoms with Gasteiger partial charge in [0, 0.05) is 26.0 Å². The Balaban J connectivity index is 1.52. The molecule has 0 spiro atoms. The summed E-state index contributed by atoms with van der Waals surface area (Å²) < 4.78 is 13.3. The lowest BCUT2D eigenvalue weighted by Gasteiger charge is -2.42. The van der Waals surface area contributed by atoms with Crippen LogP contribution in [0.25, 0.3) is 0 Å². The lowest BCUT2D eigenvalue weighted by molar-refractivity contribution is -0.0826. The lowest BCUT2D eigenvalue weighted by atomic mass is 9.79. The summed E-state index contributed by atoms with van der Waals surface area (Å²) in [6.45, 7) is 1.11. The Morgan fingerprint density at radius 1 is 1.48 bits per heavy atom. The molecule has 1 amide bonds. The van der Waals surface area contributed by atoms with Crippen molar-refractivity contribution in [2.45, 2.75) is 50.0 Å². The minimum atomic E-state index is -0.381. The number of furan rings is 1. The van der Waals surface area contributed by atoms with Gasteiger partial charge in [-0.1, -0.05) is 0 Å². The van der Waals surface area contributed by atoms with E-state index in [1.54, 1.807) is 24.1 Å². The number of aliphatic hydroxyl groups excluding tert-OH is 1. The molecule has 0 aromatic carbocycles. The zero-order chi connectivity index (χ0) is 17.4. The molecule has 7 nitrogen and oxygen atoms in total. The Bertz CT molecular complexity index is 741. The molecule has 134 valence electrons. The largest absolute Gasteiger partial charge is 0.454 e. The highest BCUT2D eigenvalue weighted by molar-refractivity contribution is 5.92. The summed E-state index contributed by atoms with van der Waals surface area (Å²) >= 11 is 0. The third-order valence-electron chi connectivity index (χ3n) is 5.57. The second-order valence-electron chi connectivity index (χ2n) is 6.93. The summed E-state index contributed by atoms with van der Waals surface area (Å²) in [5.74, 6) is 0.881. The maximum Gasteiger partial charge on any atom is 0.289 e. The smallest absolute Gasteiger partial charge is 0.289 e. The van der Waals surface area contributed by atoms with E-state index in [1.807, 2.05) is 23.2 Å². The van der Waals surface area contributed by atoms with Crippen LogP contribution in [0.1, 0.15) is 42.0 Å². The van der Waals surface area contributed by atoms with Gasteiger partial charge >= 0.3 is 0 Å². The molecule has 1 saturated heterocycles. The molecule has 0 bridgehead atoms. The van der Waals surface area contributed by atoms with Crippen LogP contribution in [-0.2, 0) is 11.3 Å². The molecule has 3 heterocycles. The van der Waals surface area contributed by atoms with Crippen molar-refractivity contribution in [3.05, 3.63) is 42.1 Å². The molecule has 0 radical (unpaired) electrons. The van der Waals surface area contributed by atoms with Crippen LogP contribution in [0.5, 0.6) is 0 Å². The molecule has 25 heavy (non-hydrogen) atoms. The summed E-state index contributed by atoms with van der Waals surface area (Å²) in [4.78, 5) is 14.8. The SMILES string of the molecule is CO[C@]12CC[C@H](O)C[C@H]1N(C(=O)c1ccc(Cn3cccn3)o1)CC2. The van der Waals surface area contributed by atoms with Crippen molar-refractivity contribution in [2.75, 3.05) is 13.7 Å². The Morgan fingerprint density at radius 2 is 2.36 bits per heavy atom. The van der Waals surface area contributed by atoms with Gasteiger partial charge in [-0.3, -0.25) is 9.48 Å². The van der Waals surface area contributed by atoms with E-state index in [9.17, 15) is 9.90 Å². The number of fused-ring (bicyclic) bond motifs is 1. The fraction of sp³-hybridized carbons (Fsp3) is 0.556. The first-order chi connectivity index (χ1) is 12.1. The second-order valence-corrected chi connectivity index (χ2v) is 6.93.